The molecular weight excluding hydrogens is 532 g/mol. The van der Waals surface area contributed by atoms with Gasteiger partial charge in [0.05, 0.1) is 28.9 Å². The van der Waals surface area contributed by atoms with Crippen molar-refractivity contribution in [1.29, 1.82) is 0 Å². The topological polar surface area (TPSA) is 153 Å². The van der Waals surface area contributed by atoms with Gasteiger partial charge in [0.2, 0.25) is 0 Å². The van der Waals surface area contributed by atoms with Crippen LogP contribution in [0.4, 0.5) is 16.2 Å². The maximum Gasteiger partial charge on any atom is 0.328 e. The predicted octanol–water partition coefficient (Wildman–Crippen LogP) is 4.67. The van der Waals surface area contributed by atoms with Gasteiger partial charge in [-0.3, -0.25) is 34.7 Å². The number of fused-ring (bicyclic) bond motifs is 1. The van der Waals surface area contributed by atoms with Crippen LogP contribution in [-0.2, 0) is 4.79 Å². The Morgan fingerprint density at radius 3 is 2.20 bits per heavy atom. The van der Waals surface area contributed by atoms with Gasteiger partial charge < -0.3 is 9.64 Å². The molecule has 0 radical (unpaired) electrons. The first-order valence-corrected chi connectivity index (χ1v) is 12.6. The van der Waals surface area contributed by atoms with E-state index >= 15 is 0 Å². The summed E-state index contributed by atoms with van der Waals surface area (Å²) < 4.78 is 5.15. The standard InChI is InChI=1S/C29H24N4O8/c1-3-15-30-28(35)26-23(17-9-12-20(13-10-17)32(37)38)24(27(34)18-7-5-4-6-8-18)25(31(26)29(30)36)19-11-14-22(41-2)21(16-19)33(39)40/h3-14,16,23-26H,1,15H2,2H3. The third kappa shape index (κ3) is 4.48. The average Bonchev–Trinajstić information content (AvgIpc) is 3.45. The van der Waals surface area contributed by atoms with E-state index in [1.54, 1.807) is 30.3 Å². The number of nitro groups is 2. The van der Waals surface area contributed by atoms with Crippen LogP contribution < -0.4 is 4.74 Å². The number of carbonyl (C=O) groups is 3. The highest BCUT2D eigenvalue weighted by molar-refractivity contribution is 6.08. The fourth-order valence-corrected chi connectivity index (χ4v) is 5.82. The number of nitro benzene ring substituents is 2. The second kappa shape index (κ2) is 10.6. The number of hydrogen-bond donors (Lipinski definition) is 0. The monoisotopic (exact) mass is 556 g/mol. The molecule has 3 aromatic rings. The number of imide groups is 1. The normalized spacial score (nSPS) is 21.5. The fourth-order valence-electron chi connectivity index (χ4n) is 5.82. The highest BCUT2D eigenvalue weighted by atomic mass is 16.6. The fraction of sp³-hybridized carbons (Fsp3) is 0.207. The van der Waals surface area contributed by atoms with E-state index in [-0.39, 0.29) is 35.0 Å². The summed E-state index contributed by atoms with van der Waals surface area (Å²) in [5.74, 6) is -2.93. The molecule has 2 aliphatic rings. The van der Waals surface area contributed by atoms with Crippen LogP contribution >= 0.6 is 0 Å². The van der Waals surface area contributed by atoms with Gasteiger partial charge in [-0.15, -0.1) is 6.58 Å². The highest BCUT2D eigenvalue weighted by Gasteiger charge is 2.63. The molecule has 0 bridgehead atoms. The molecule has 0 aromatic heterocycles. The van der Waals surface area contributed by atoms with Crippen LogP contribution in [0.5, 0.6) is 5.75 Å². The second-order valence-electron chi connectivity index (χ2n) is 9.64. The largest absolute Gasteiger partial charge is 0.490 e. The molecule has 0 saturated carbocycles. The van der Waals surface area contributed by atoms with Crippen molar-refractivity contribution >= 4 is 29.1 Å². The van der Waals surface area contributed by atoms with Crippen LogP contribution in [0.15, 0.2) is 85.5 Å². The number of rotatable bonds is 9. The lowest BCUT2D eigenvalue weighted by molar-refractivity contribution is -0.385. The summed E-state index contributed by atoms with van der Waals surface area (Å²) in [4.78, 5) is 66.1. The van der Waals surface area contributed by atoms with Crippen LogP contribution in [-0.4, -0.2) is 57.1 Å². The Balaban J connectivity index is 1.76. The number of methoxy groups -OCH3 is 1. The molecule has 12 nitrogen and oxygen atoms in total. The molecule has 2 saturated heterocycles. The van der Waals surface area contributed by atoms with Crippen molar-refractivity contribution in [3.05, 3.63) is 122 Å². The number of Topliss-reactive ketones (excluding diaryl/α,β-unsaturated/α-hetero) is 1. The number of carbonyl (C=O) groups excluding carboxylic acids is 3. The molecule has 2 fully saturated rings. The number of non-ortho nitro benzene ring substituents is 1. The minimum atomic E-state index is -1.15. The van der Waals surface area contributed by atoms with Crippen molar-refractivity contribution in [3.8, 4) is 5.75 Å². The molecule has 3 aromatic carbocycles. The average molecular weight is 557 g/mol. The van der Waals surface area contributed by atoms with Gasteiger partial charge in [-0.25, -0.2) is 4.79 Å². The van der Waals surface area contributed by atoms with Crippen LogP contribution in [0.25, 0.3) is 0 Å². The maximum atomic E-state index is 14.2. The third-order valence-corrected chi connectivity index (χ3v) is 7.54. The minimum Gasteiger partial charge on any atom is -0.490 e. The van der Waals surface area contributed by atoms with Crippen LogP contribution in [0.2, 0.25) is 0 Å². The third-order valence-electron chi connectivity index (χ3n) is 7.54. The van der Waals surface area contributed by atoms with Gasteiger partial charge in [0.1, 0.15) is 6.04 Å². The van der Waals surface area contributed by atoms with Gasteiger partial charge in [0.25, 0.3) is 11.6 Å². The van der Waals surface area contributed by atoms with E-state index in [1.165, 1.54) is 60.6 Å². The van der Waals surface area contributed by atoms with Crippen molar-refractivity contribution in [2.24, 2.45) is 5.92 Å². The Bertz CT molecular complexity index is 1570. The molecule has 5 rings (SSSR count). The lowest BCUT2D eigenvalue weighted by Crippen LogP contribution is -2.38. The lowest BCUT2D eigenvalue weighted by Gasteiger charge is -2.28. The molecule has 0 spiro atoms. The molecule has 4 unspecified atom stereocenters. The molecule has 41 heavy (non-hydrogen) atoms. The van der Waals surface area contributed by atoms with E-state index in [4.69, 9.17) is 4.74 Å². The first kappa shape index (κ1) is 27.2. The SMILES string of the molecule is C=CCN1C(=O)C2C(c3ccc([N+](=O)[O-])cc3)C(C(=O)c3ccccc3)C(c3ccc(OC)c([N+](=O)[O-])c3)N2C1=O. The molecule has 2 aliphatic heterocycles. The minimum absolute atomic E-state index is 0.0109. The van der Waals surface area contributed by atoms with E-state index in [9.17, 15) is 34.6 Å². The molecule has 4 atom stereocenters. The summed E-state index contributed by atoms with van der Waals surface area (Å²) in [6.45, 7) is 3.55. The van der Waals surface area contributed by atoms with Gasteiger partial charge in [-0.05, 0) is 17.2 Å². The number of benzene rings is 3. The summed E-state index contributed by atoms with van der Waals surface area (Å²) >= 11 is 0. The van der Waals surface area contributed by atoms with Gasteiger partial charge in [0, 0.05) is 36.2 Å². The number of hydrogen-bond acceptors (Lipinski definition) is 8. The van der Waals surface area contributed by atoms with E-state index in [1.807, 2.05) is 0 Å². The molecule has 208 valence electrons. The number of ketones is 1. The molecule has 12 heteroatoms. The smallest absolute Gasteiger partial charge is 0.328 e. The van der Waals surface area contributed by atoms with Crippen molar-refractivity contribution < 1.29 is 29.0 Å². The number of urea groups is 1. The van der Waals surface area contributed by atoms with Gasteiger partial charge in [-0.2, -0.15) is 0 Å². The van der Waals surface area contributed by atoms with E-state index < -0.39 is 45.7 Å². The molecular formula is C29H24N4O8. The van der Waals surface area contributed by atoms with Gasteiger partial charge in [0.15, 0.2) is 11.5 Å². The van der Waals surface area contributed by atoms with Crippen LogP contribution in [0, 0.1) is 26.1 Å². The Morgan fingerprint density at radius 1 is 0.951 bits per heavy atom. The summed E-state index contributed by atoms with van der Waals surface area (Å²) in [5.41, 5.74) is 0.474. The first-order valence-electron chi connectivity index (χ1n) is 12.6. The van der Waals surface area contributed by atoms with Crippen molar-refractivity contribution in [2.45, 2.75) is 18.0 Å². The van der Waals surface area contributed by atoms with E-state index in [2.05, 4.69) is 6.58 Å². The number of ether oxygens (including phenoxy) is 1. The predicted molar refractivity (Wildman–Crippen MR) is 145 cm³/mol. The molecule has 3 amide bonds. The highest BCUT2D eigenvalue weighted by Crippen LogP contribution is 2.54. The molecule has 0 aliphatic carbocycles. The van der Waals surface area contributed by atoms with E-state index in [0.717, 1.165) is 4.90 Å². The van der Waals surface area contributed by atoms with Gasteiger partial charge >= 0.3 is 11.7 Å². The van der Waals surface area contributed by atoms with E-state index in [0.29, 0.717) is 11.1 Å². The Hall–Kier alpha value is -5.39. The maximum absolute atomic E-state index is 14.2. The Labute approximate surface area is 233 Å². The zero-order chi connectivity index (χ0) is 29.4. The molecule has 0 N–H and O–H groups in total. The number of amides is 3. The lowest BCUT2D eigenvalue weighted by atomic mass is 9.75. The zero-order valence-corrected chi connectivity index (χ0v) is 21.8. The first-order chi connectivity index (χ1) is 19.7. The quantitative estimate of drug-likeness (QED) is 0.121. The summed E-state index contributed by atoms with van der Waals surface area (Å²) in [7, 11) is 1.29. The van der Waals surface area contributed by atoms with Crippen molar-refractivity contribution in [2.75, 3.05) is 13.7 Å². The molecule has 2 heterocycles. The second-order valence-corrected chi connectivity index (χ2v) is 9.64. The summed E-state index contributed by atoms with van der Waals surface area (Å²) in [5, 5.41) is 23.2. The summed E-state index contributed by atoms with van der Waals surface area (Å²) in [6, 6.07) is 15.1. The van der Waals surface area contributed by atoms with Crippen molar-refractivity contribution in [3.63, 3.8) is 0 Å². The van der Waals surface area contributed by atoms with Crippen LogP contribution in [0.3, 0.4) is 0 Å². The zero-order valence-electron chi connectivity index (χ0n) is 21.8. The van der Waals surface area contributed by atoms with Crippen molar-refractivity contribution in [1.82, 2.24) is 9.80 Å². The number of nitrogens with zero attached hydrogens (tertiary/aromatic N) is 4. The van der Waals surface area contributed by atoms with Crippen LogP contribution in [0.1, 0.15) is 33.4 Å². The van der Waals surface area contributed by atoms with Gasteiger partial charge in [-0.1, -0.05) is 54.6 Å². The summed E-state index contributed by atoms with van der Waals surface area (Å²) in [6.07, 6.45) is 1.40. The Morgan fingerprint density at radius 2 is 1.61 bits per heavy atom. The Kier molecular flexibility index (Phi) is 7.06.